The van der Waals surface area contributed by atoms with Gasteiger partial charge in [0.05, 0.1) is 12.3 Å². The third-order valence-corrected chi connectivity index (χ3v) is 3.79. The van der Waals surface area contributed by atoms with Crippen LogP contribution in [0.5, 0.6) is 0 Å². The monoisotopic (exact) mass is 384 g/mol. The maximum atomic E-state index is 12.1. The lowest BCUT2D eigenvalue weighted by Gasteiger charge is -2.31. The summed E-state index contributed by atoms with van der Waals surface area (Å²) in [6, 6.07) is 0. The first-order valence-electron chi connectivity index (χ1n) is 5.62. The van der Waals surface area contributed by atoms with E-state index in [0.29, 0.717) is 5.71 Å². The first-order chi connectivity index (χ1) is 8.60. The summed E-state index contributed by atoms with van der Waals surface area (Å²) in [6.45, 7) is 5.25. The van der Waals surface area contributed by atoms with Crippen LogP contribution in [0.15, 0.2) is 5.16 Å². The average molecular weight is 384 g/mol. The molecule has 0 unspecified atom stereocenters. The number of hydrogen-bond donors (Lipinski definition) is 1. The Bertz CT molecular complexity index is 418. The van der Waals surface area contributed by atoms with E-state index in [9.17, 15) is 14.7 Å². The molecule has 0 aliphatic carbocycles. The third-order valence-electron chi connectivity index (χ3n) is 2.37. The van der Waals surface area contributed by atoms with Crippen LogP contribution in [0, 0.1) is 0 Å². The van der Waals surface area contributed by atoms with Gasteiger partial charge < -0.3 is 14.7 Å². The summed E-state index contributed by atoms with van der Waals surface area (Å²) >= 11 is 1.73. The topological polar surface area (TPSA) is 88.4 Å². The van der Waals surface area contributed by atoms with Crippen LogP contribution in [0.1, 0.15) is 27.2 Å². The number of carboxylic acid groups (broad SMARTS) is 1. The second-order valence-electron chi connectivity index (χ2n) is 5.15. The number of carboxylic acids is 1. The number of aliphatic carboxylic acids is 1. The molecule has 0 aromatic heterocycles. The van der Waals surface area contributed by atoms with Crippen molar-refractivity contribution in [2.45, 2.75) is 36.3 Å². The van der Waals surface area contributed by atoms with Gasteiger partial charge in [-0.2, -0.15) is 0 Å². The maximum absolute atomic E-state index is 12.1. The van der Waals surface area contributed by atoms with E-state index in [4.69, 9.17) is 4.74 Å². The van der Waals surface area contributed by atoms with Gasteiger partial charge in [0.25, 0.3) is 0 Å². The number of amides is 1. The van der Waals surface area contributed by atoms with E-state index in [-0.39, 0.29) is 13.0 Å². The molecule has 1 rings (SSSR count). The highest BCUT2D eigenvalue weighted by molar-refractivity contribution is 14.1. The lowest BCUT2D eigenvalue weighted by atomic mass is 10.2. The normalized spacial score (nSPS) is 25.5. The molecule has 0 radical (unpaired) electrons. The Morgan fingerprint density at radius 3 is 2.47 bits per heavy atom. The fraction of sp³-hybridized carbons (Fsp3) is 0.727. The average Bonchev–Trinajstić information content (AvgIpc) is 2.55. The zero-order chi connectivity index (χ0) is 14.8. The summed E-state index contributed by atoms with van der Waals surface area (Å²) in [5.74, 6) is -1.11. The van der Waals surface area contributed by atoms with Crippen molar-refractivity contribution in [2.75, 3.05) is 13.7 Å². The molecule has 7 nitrogen and oxygen atoms in total. The Balaban J connectivity index is 2.99. The van der Waals surface area contributed by atoms with Gasteiger partial charge in [-0.25, -0.2) is 9.59 Å². The van der Waals surface area contributed by atoms with Crippen molar-refractivity contribution >= 4 is 40.4 Å². The lowest BCUT2D eigenvalue weighted by molar-refractivity contribution is -0.142. The minimum Gasteiger partial charge on any atom is -0.479 e. The second-order valence-corrected chi connectivity index (χ2v) is 6.93. The molecule has 108 valence electrons. The quantitative estimate of drug-likeness (QED) is 0.340. The summed E-state index contributed by atoms with van der Waals surface area (Å²) in [5.41, 5.74) is -0.195. The van der Waals surface area contributed by atoms with E-state index in [1.54, 1.807) is 43.4 Å². The van der Waals surface area contributed by atoms with Gasteiger partial charge in [0, 0.05) is 6.42 Å². The Kier molecular flexibility index (Phi) is 4.64. The summed E-state index contributed by atoms with van der Waals surface area (Å²) in [4.78, 5) is 29.3. The van der Waals surface area contributed by atoms with E-state index >= 15 is 0 Å². The molecule has 1 heterocycles. The van der Waals surface area contributed by atoms with Gasteiger partial charge >= 0.3 is 12.1 Å². The molecule has 1 atom stereocenters. The Morgan fingerprint density at radius 1 is 1.47 bits per heavy atom. The van der Waals surface area contributed by atoms with Gasteiger partial charge in [-0.3, -0.25) is 4.90 Å². The predicted octanol–water partition coefficient (Wildman–Crippen LogP) is 1.85. The number of rotatable bonds is 2. The van der Waals surface area contributed by atoms with Gasteiger partial charge in [-0.15, -0.1) is 0 Å². The molecule has 1 aliphatic rings. The van der Waals surface area contributed by atoms with Crippen molar-refractivity contribution in [2.24, 2.45) is 5.16 Å². The zero-order valence-corrected chi connectivity index (χ0v) is 13.4. The predicted molar refractivity (Wildman–Crippen MR) is 76.4 cm³/mol. The molecule has 0 aromatic carbocycles. The summed E-state index contributed by atoms with van der Waals surface area (Å²) in [5, 5.41) is 13.1. The molecule has 19 heavy (non-hydrogen) atoms. The Hall–Kier alpha value is -1.06. The smallest absolute Gasteiger partial charge is 0.412 e. The minimum atomic E-state index is -1.39. The molecule has 0 saturated carbocycles. The molecular formula is C11H17IN2O5. The van der Waals surface area contributed by atoms with Gasteiger partial charge in [0.2, 0.25) is 3.55 Å². The van der Waals surface area contributed by atoms with Crippen LogP contribution in [0.2, 0.25) is 0 Å². The van der Waals surface area contributed by atoms with Gasteiger partial charge in [-0.1, -0.05) is 5.16 Å². The van der Waals surface area contributed by atoms with Crippen LogP contribution in [0.4, 0.5) is 4.79 Å². The molecule has 0 aromatic rings. The number of carbonyl (C=O) groups excluding carboxylic acids is 1. The number of hydrogen-bond acceptors (Lipinski definition) is 5. The van der Waals surface area contributed by atoms with Crippen LogP contribution in [-0.4, -0.2) is 50.6 Å². The van der Waals surface area contributed by atoms with Crippen LogP contribution in [0.3, 0.4) is 0 Å². The molecular weight excluding hydrogens is 367 g/mol. The van der Waals surface area contributed by atoms with E-state index in [1.165, 1.54) is 7.11 Å². The minimum absolute atomic E-state index is 0.0813. The van der Waals surface area contributed by atoms with E-state index in [1.807, 2.05) is 0 Å². The number of likely N-dealkylation sites (tertiary alicyclic amines) is 1. The maximum Gasteiger partial charge on any atom is 0.412 e. The molecule has 1 aliphatic heterocycles. The highest BCUT2D eigenvalue weighted by Gasteiger charge is 2.52. The van der Waals surface area contributed by atoms with E-state index in [2.05, 4.69) is 9.99 Å². The fourth-order valence-corrected chi connectivity index (χ4v) is 2.44. The van der Waals surface area contributed by atoms with Crippen molar-refractivity contribution in [1.82, 2.24) is 4.90 Å². The van der Waals surface area contributed by atoms with Gasteiger partial charge in [0.15, 0.2) is 0 Å². The molecule has 1 amide bonds. The number of ether oxygens (including phenoxy) is 1. The van der Waals surface area contributed by atoms with Crippen molar-refractivity contribution < 1.29 is 24.3 Å². The Labute approximate surface area is 125 Å². The standard InChI is InChI=1S/C11H17IN2O5/c1-10(2,3)19-9(17)14-6-7(13-18-4)5-11(14,12)8(15)16/h5-6H2,1-4H3,(H,15,16)/t11-/m1/s1. The Morgan fingerprint density at radius 2 is 2.05 bits per heavy atom. The molecule has 8 heteroatoms. The second kappa shape index (κ2) is 5.51. The van der Waals surface area contributed by atoms with Crippen LogP contribution in [-0.2, 0) is 14.4 Å². The fourth-order valence-electron chi connectivity index (χ4n) is 1.64. The van der Waals surface area contributed by atoms with Crippen molar-refractivity contribution in [3.8, 4) is 0 Å². The van der Waals surface area contributed by atoms with Gasteiger partial charge in [0.1, 0.15) is 12.7 Å². The van der Waals surface area contributed by atoms with Crippen LogP contribution < -0.4 is 0 Å². The largest absolute Gasteiger partial charge is 0.479 e. The van der Waals surface area contributed by atoms with Crippen LogP contribution in [0.25, 0.3) is 0 Å². The number of oxime groups is 1. The number of alkyl halides is 1. The number of halogens is 1. The summed E-state index contributed by atoms with van der Waals surface area (Å²) in [7, 11) is 1.37. The third kappa shape index (κ3) is 3.71. The van der Waals surface area contributed by atoms with Crippen molar-refractivity contribution in [3.05, 3.63) is 0 Å². The summed E-state index contributed by atoms with van der Waals surface area (Å²) in [6.07, 6.45) is -0.568. The van der Waals surface area contributed by atoms with Crippen molar-refractivity contribution in [3.63, 3.8) is 0 Å². The first-order valence-corrected chi connectivity index (χ1v) is 6.70. The number of carbonyl (C=O) groups is 2. The zero-order valence-electron chi connectivity index (χ0n) is 11.3. The first kappa shape index (κ1) is 16.0. The molecule has 1 saturated heterocycles. The van der Waals surface area contributed by atoms with Crippen LogP contribution >= 0.6 is 22.6 Å². The summed E-state index contributed by atoms with van der Waals surface area (Å²) < 4.78 is 3.83. The highest BCUT2D eigenvalue weighted by Crippen LogP contribution is 2.36. The highest BCUT2D eigenvalue weighted by atomic mass is 127. The van der Waals surface area contributed by atoms with E-state index < -0.39 is 21.2 Å². The number of nitrogens with zero attached hydrogens (tertiary/aromatic N) is 2. The molecule has 0 bridgehead atoms. The van der Waals surface area contributed by atoms with Crippen molar-refractivity contribution in [1.29, 1.82) is 0 Å². The SMILES string of the molecule is CON=C1CN(C(=O)OC(C)(C)C)[C@@](I)(C(=O)O)C1. The molecule has 1 N–H and O–H groups in total. The molecule has 1 fully saturated rings. The van der Waals surface area contributed by atoms with Gasteiger partial charge in [-0.05, 0) is 43.4 Å². The lowest BCUT2D eigenvalue weighted by Crippen LogP contribution is -2.49. The molecule has 0 spiro atoms. The van der Waals surface area contributed by atoms with E-state index in [0.717, 1.165) is 4.90 Å².